The molecule has 0 saturated heterocycles. The first-order chi connectivity index (χ1) is 31.2. The molecule has 0 unspecified atom stereocenters. The van der Waals surface area contributed by atoms with Crippen molar-refractivity contribution in [2.75, 3.05) is 4.90 Å². The van der Waals surface area contributed by atoms with Crippen LogP contribution in [-0.4, -0.2) is 13.4 Å². The van der Waals surface area contributed by atoms with Crippen molar-refractivity contribution in [3.63, 3.8) is 0 Å². The molecule has 0 spiro atoms. The van der Waals surface area contributed by atoms with Gasteiger partial charge in [0.1, 0.15) is 0 Å². The van der Waals surface area contributed by atoms with Crippen LogP contribution in [0.15, 0.2) is 140 Å². The van der Waals surface area contributed by atoms with Crippen LogP contribution in [0, 0.1) is 83.1 Å². The zero-order chi connectivity index (χ0) is 45.6. The summed E-state index contributed by atoms with van der Waals surface area (Å²) in [4.78, 5) is 2.53. The number of benzene rings is 9. The van der Waals surface area contributed by atoms with Gasteiger partial charge in [-0.25, -0.2) is 0 Å². The SMILES string of the molecule is Cc1cc(C)c(B(c2ccc3c(c2)N(c2ccccc2)c2cccc4c2c-3cc2ccc(B(c3c(C)cc(C)cc3C)c3c(C)cc(C)cc3C)cc24)c2c(C)cc(C)cc2C)c(C)c1. The van der Waals surface area contributed by atoms with Gasteiger partial charge in [-0.15, -0.1) is 0 Å². The van der Waals surface area contributed by atoms with E-state index in [9.17, 15) is 0 Å². The Balaban J connectivity index is 1.24. The van der Waals surface area contributed by atoms with Crippen LogP contribution in [0.1, 0.15) is 66.8 Å². The lowest BCUT2D eigenvalue weighted by atomic mass is 9.34. The highest BCUT2D eigenvalue weighted by Crippen LogP contribution is 2.52. The lowest BCUT2D eigenvalue weighted by Gasteiger charge is -2.35. The fourth-order valence-corrected chi connectivity index (χ4v) is 12.5. The average molecular weight is 840 g/mol. The predicted octanol–water partition coefficient (Wildman–Crippen LogP) is 12.2. The molecule has 0 bridgehead atoms. The van der Waals surface area contributed by atoms with Crippen LogP contribution in [-0.2, 0) is 0 Å². The molecule has 0 atom stereocenters. The maximum absolute atomic E-state index is 2.53. The van der Waals surface area contributed by atoms with Gasteiger partial charge in [-0.2, -0.15) is 0 Å². The molecule has 0 aromatic heterocycles. The van der Waals surface area contributed by atoms with Gasteiger partial charge in [0.05, 0.1) is 11.4 Å². The molecule has 1 aliphatic heterocycles. The third-order valence-electron chi connectivity index (χ3n) is 14.6. The molecule has 1 heterocycles. The van der Waals surface area contributed by atoms with Crippen LogP contribution in [0.2, 0.25) is 0 Å². The van der Waals surface area contributed by atoms with E-state index in [1.165, 1.54) is 144 Å². The molecule has 318 valence electrons. The van der Waals surface area contributed by atoms with Gasteiger partial charge in [0.15, 0.2) is 0 Å². The Kier molecular flexibility index (Phi) is 10.5. The minimum atomic E-state index is 0.0703. The Bertz CT molecular complexity index is 3200. The summed E-state index contributed by atoms with van der Waals surface area (Å²) in [5.41, 5.74) is 30.4. The Labute approximate surface area is 388 Å². The quantitative estimate of drug-likeness (QED) is 0.114. The third-order valence-corrected chi connectivity index (χ3v) is 14.6. The highest BCUT2D eigenvalue weighted by Gasteiger charge is 2.34. The van der Waals surface area contributed by atoms with Crippen molar-refractivity contribution in [3.05, 3.63) is 206 Å². The molecular formula is C62H59B2N. The molecule has 65 heavy (non-hydrogen) atoms. The summed E-state index contributed by atoms with van der Waals surface area (Å²) in [6.45, 7) is 27.5. The van der Waals surface area contributed by atoms with Crippen LogP contribution in [0.25, 0.3) is 32.7 Å². The first-order valence-electron chi connectivity index (χ1n) is 23.5. The van der Waals surface area contributed by atoms with Crippen LogP contribution in [0.5, 0.6) is 0 Å². The second-order valence-corrected chi connectivity index (χ2v) is 19.7. The van der Waals surface area contributed by atoms with Crippen LogP contribution >= 0.6 is 0 Å². The molecule has 10 rings (SSSR count). The van der Waals surface area contributed by atoms with Crippen molar-refractivity contribution in [1.29, 1.82) is 0 Å². The lowest BCUT2D eigenvalue weighted by molar-refractivity contribution is 1.29. The van der Waals surface area contributed by atoms with E-state index in [1.54, 1.807) is 0 Å². The van der Waals surface area contributed by atoms with E-state index >= 15 is 0 Å². The zero-order valence-electron chi connectivity index (χ0n) is 40.4. The summed E-state index contributed by atoms with van der Waals surface area (Å²) in [5, 5.41) is 5.15. The lowest BCUT2D eigenvalue weighted by Crippen LogP contribution is -2.56. The van der Waals surface area contributed by atoms with E-state index in [-0.39, 0.29) is 13.4 Å². The number of fused-ring (bicyclic) bond motifs is 4. The Morgan fingerprint density at radius 2 is 0.754 bits per heavy atom. The van der Waals surface area contributed by atoms with E-state index < -0.39 is 0 Å². The topological polar surface area (TPSA) is 3.24 Å². The molecule has 1 aliphatic rings. The minimum Gasteiger partial charge on any atom is -0.309 e. The fraction of sp³-hybridized carbons (Fsp3) is 0.194. The number of hydrogen-bond acceptors (Lipinski definition) is 1. The van der Waals surface area contributed by atoms with E-state index in [0.717, 1.165) is 5.69 Å². The molecule has 0 radical (unpaired) electrons. The van der Waals surface area contributed by atoms with Crippen molar-refractivity contribution >= 4 is 84.8 Å². The van der Waals surface area contributed by atoms with E-state index in [1.807, 2.05) is 0 Å². The van der Waals surface area contributed by atoms with Crippen LogP contribution in [0.3, 0.4) is 0 Å². The number of para-hydroxylation sites is 1. The molecule has 0 saturated carbocycles. The van der Waals surface area contributed by atoms with E-state index in [2.05, 4.69) is 228 Å². The number of aryl methyl sites for hydroxylation is 12. The number of nitrogens with zero attached hydrogens (tertiary/aromatic N) is 1. The summed E-state index contributed by atoms with van der Waals surface area (Å²) in [5.74, 6) is 0. The molecule has 3 heteroatoms. The van der Waals surface area contributed by atoms with E-state index in [4.69, 9.17) is 0 Å². The van der Waals surface area contributed by atoms with Crippen molar-refractivity contribution in [1.82, 2.24) is 0 Å². The second kappa shape index (κ2) is 16.1. The normalized spacial score (nSPS) is 12.0. The fourth-order valence-electron chi connectivity index (χ4n) is 12.5. The van der Waals surface area contributed by atoms with Gasteiger partial charge in [-0.1, -0.05) is 209 Å². The molecule has 9 aromatic rings. The van der Waals surface area contributed by atoms with Crippen molar-refractivity contribution in [2.45, 2.75) is 83.1 Å². The largest absolute Gasteiger partial charge is 0.309 e. The Hall–Kier alpha value is -6.57. The van der Waals surface area contributed by atoms with Crippen LogP contribution < -0.4 is 37.7 Å². The maximum atomic E-state index is 2.53. The van der Waals surface area contributed by atoms with Gasteiger partial charge < -0.3 is 4.90 Å². The van der Waals surface area contributed by atoms with Gasteiger partial charge in [0.2, 0.25) is 13.4 Å². The summed E-state index contributed by atoms with van der Waals surface area (Å²) in [6, 6.07) is 54.1. The van der Waals surface area contributed by atoms with Gasteiger partial charge in [-0.3, -0.25) is 0 Å². The van der Waals surface area contributed by atoms with Gasteiger partial charge in [0.25, 0.3) is 0 Å². The summed E-state index contributed by atoms with van der Waals surface area (Å²) >= 11 is 0. The Morgan fingerprint density at radius 3 is 1.22 bits per heavy atom. The minimum absolute atomic E-state index is 0.0703. The van der Waals surface area contributed by atoms with Gasteiger partial charge >= 0.3 is 0 Å². The monoisotopic (exact) mass is 839 g/mol. The van der Waals surface area contributed by atoms with Crippen molar-refractivity contribution in [3.8, 4) is 11.1 Å². The van der Waals surface area contributed by atoms with E-state index in [0.29, 0.717) is 0 Å². The standard InChI is InChI=1S/C62H59B2N/c1-36-25-40(5)59(41(6)26-36)63(60-42(7)27-37(2)28-43(60)8)49-22-21-48-33-55-52-24-23-50(64(61-44(9)29-38(3)30-45(61)10)62-46(11)31-39(4)32-47(62)12)35-57(52)65(51-17-14-13-15-18-51)56-20-16-19-53(58(55)56)54(48)34-49/h13-35H,1-12H3. The highest BCUT2D eigenvalue weighted by atomic mass is 15.2. The molecular weight excluding hydrogens is 780 g/mol. The maximum Gasteiger partial charge on any atom is 0.242 e. The highest BCUT2D eigenvalue weighted by molar-refractivity contribution is 6.97. The van der Waals surface area contributed by atoms with Crippen molar-refractivity contribution < 1.29 is 0 Å². The zero-order valence-corrected chi connectivity index (χ0v) is 40.4. The summed E-state index contributed by atoms with van der Waals surface area (Å²) in [7, 11) is 0. The molecule has 0 aliphatic carbocycles. The summed E-state index contributed by atoms with van der Waals surface area (Å²) in [6.07, 6.45) is 0. The first kappa shape index (κ1) is 42.4. The number of rotatable bonds is 7. The second-order valence-electron chi connectivity index (χ2n) is 19.7. The Morgan fingerprint density at radius 1 is 0.323 bits per heavy atom. The van der Waals surface area contributed by atoms with Crippen molar-refractivity contribution in [2.24, 2.45) is 0 Å². The first-order valence-corrected chi connectivity index (χ1v) is 23.5. The number of anilines is 3. The number of hydrogen-bond donors (Lipinski definition) is 0. The molecule has 1 nitrogen and oxygen atoms in total. The van der Waals surface area contributed by atoms with Crippen LogP contribution in [0.4, 0.5) is 17.1 Å². The summed E-state index contributed by atoms with van der Waals surface area (Å²) < 4.78 is 0. The third kappa shape index (κ3) is 7.12. The van der Waals surface area contributed by atoms with Gasteiger partial charge in [-0.05, 0) is 135 Å². The smallest absolute Gasteiger partial charge is 0.242 e. The molecule has 9 aromatic carbocycles. The average Bonchev–Trinajstić information content (AvgIpc) is 3.24. The van der Waals surface area contributed by atoms with Gasteiger partial charge in [0, 0.05) is 16.6 Å². The molecule has 0 amide bonds. The predicted molar refractivity (Wildman–Crippen MR) is 287 cm³/mol. The molecule has 0 N–H and O–H groups in total. The molecule has 0 fully saturated rings.